The number of carbonyl (C=O) groups excluding carboxylic acids is 1. The largest absolute Gasteiger partial charge is 0.274 e. The van der Waals surface area contributed by atoms with Crippen LogP contribution in [0.15, 0.2) is 53.4 Å². The highest BCUT2D eigenvalue weighted by molar-refractivity contribution is 7.93. The minimum Gasteiger partial charge on any atom is -0.274 e. The molecule has 0 radical (unpaired) electrons. The minimum absolute atomic E-state index is 0.170. The molecule has 0 atom stereocenters. The zero-order chi connectivity index (χ0) is 13.6. The van der Waals surface area contributed by atoms with Gasteiger partial charge in [0, 0.05) is 18.1 Å². The molecule has 2 aromatic rings. The summed E-state index contributed by atoms with van der Waals surface area (Å²) < 4.78 is 25.9. The van der Waals surface area contributed by atoms with E-state index < -0.39 is 15.9 Å². The Kier molecular flexibility index (Phi) is 2.46. The predicted octanol–water partition coefficient (Wildman–Crippen LogP) is 2.41. The first-order valence-corrected chi connectivity index (χ1v) is 7.22. The normalized spacial score (nSPS) is 15.5. The minimum atomic E-state index is -3.81. The Hall–Kier alpha value is -2.14. The predicted molar refractivity (Wildman–Crippen MR) is 72.2 cm³/mol. The van der Waals surface area contributed by atoms with Crippen LogP contribution in [-0.2, 0) is 14.8 Å². The van der Waals surface area contributed by atoms with Crippen molar-refractivity contribution in [2.24, 2.45) is 0 Å². The molecule has 3 rings (SSSR count). The molecule has 0 spiro atoms. The maximum Gasteiger partial charge on any atom is 0.271 e. The summed E-state index contributed by atoms with van der Waals surface area (Å²) >= 11 is 0. The standard InChI is InChI=1S/C14H11NO3S/c1-10(16)15-13-8-4-2-6-11(13)12-7-3-5-9-14(12)19(15,17)18/h2-9H,1H3. The van der Waals surface area contributed by atoms with Crippen LogP contribution < -0.4 is 4.31 Å². The Labute approximate surface area is 111 Å². The number of hydrogen-bond acceptors (Lipinski definition) is 3. The summed E-state index contributed by atoms with van der Waals surface area (Å²) in [7, 11) is -3.81. The van der Waals surface area contributed by atoms with E-state index >= 15 is 0 Å². The second-order valence-corrected chi connectivity index (χ2v) is 6.06. The van der Waals surface area contributed by atoms with Crippen molar-refractivity contribution in [2.45, 2.75) is 11.8 Å². The van der Waals surface area contributed by atoms with E-state index in [1.807, 2.05) is 12.1 Å². The van der Waals surface area contributed by atoms with Crippen molar-refractivity contribution >= 4 is 21.6 Å². The number of carbonyl (C=O) groups is 1. The van der Waals surface area contributed by atoms with Crippen LogP contribution in [0.1, 0.15) is 6.92 Å². The Morgan fingerprint density at radius 3 is 2.21 bits per heavy atom. The highest BCUT2D eigenvalue weighted by Crippen LogP contribution is 2.42. The number of nitrogens with zero attached hydrogens (tertiary/aromatic N) is 1. The van der Waals surface area contributed by atoms with Crippen molar-refractivity contribution < 1.29 is 13.2 Å². The fraction of sp³-hybridized carbons (Fsp3) is 0.0714. The van der Waals surface area contributed by atoms with Gasteiger partial charge in [0.05, 0.1) is 10.6 Å². The summed E-state index contributed by atoms with van der Waals surface area (Å²) in [5, 5.41) is 0. The molecule has 0 N–H and O–H groups in total. The summed E-state index contributed by atoms with van der Waals surface area (Å²) in [6, 6.07) is 13.7. The molecule has 96 valence electrons. The van der Waals surface area contributed by atoms with Gasteiger partial charge < -0.3 is 0 Å². The van der Waals surface area contributed by atoms with Crippen molar-refractivity contribution in [3.8, 4) is 11.1 Å². The second-order valence-electron chi connectivity index (χ2n) is 4.30. The number of benzene rings is 2. The van der Waals surface area contributed by atoms with Crippen LogP contribution in [0.2, 0.25) is 0 Å². The molecular weight excluding hydrogens is 262 g/mol. The molecule has 0 saturated carbocycles. The van der Waals surface area contributed by atoms with Crippen LogP contribution in [0.5, 0.6) is 0 Å². The SMILES string of the molecule is CC(=O)N1c2ccccc2-c2ccccc2S1(=O)=O. The number of para-hydroxylation sites is 1. The van der Waals surface area contributed by atoms with Crippen molar-refractivity contribution in [1.29, 1.82) is 0 Å². The zero-order valence-electron chi connectivity index (χ0n) is 10.2. The zero-order valence-corrected chi connectivity index (χ0v) is 11.0. The maximum atomic E-state index is 12.5. The van der Waals surface area contributed by atoms with Crippen LogP contribution in [-0.4, -0.2) is 14.3 Å². The third kappa shape index (κ3) is 1.58. The van der Waals surface area contributed by atoms with Gasteiger partial charge in [-0.1, -0.05) is 36.4 Å². The van der Waals surface area contributed by atoms with Gasteiger partial charge in [-0.2, -0.15) is 0 Å². The molecule has 1 aliphatic rings. The Morgan fingerprint density at radius 2 is 1.53 bits per heavy atom. The molecule has 0 unspecified atom stereocenters. The van der Waals surface area contributed by atoms with E-state index in [4.69, 9.17) is 0 Å². The molecule has 4 nitrogen and oxygen atoms in total. The first kappa shape index (κ1) is 11.9. The number of rotatable bonds is 0. The highest BCUT2D eigenvalue weighted by atomic mass is 32.2. The van der Waals surface area contributed by atoms with Gasteiger partial charge >= 0.3 is 0 Å². The molecule has 5 heteroatoms. The highest BCUT2D eigenvalue weighted by Gasteiger charge is 2.36. The van der Waals surface area contributed by atoms with Gasteiger partial charge in [0.25, 0.3) is 10.0 Å². The van der Waals surface area contributed by atoms with E-state index in [0.717, 1.165) is 9.87 Å². The van der Waals surface area contributed by atoms with Crippen LogP contribution in [0, 0.1) is 0 Å². The van der Waals surface area contributed by atoms with Crippen LogP contribution in [0.25, 0.3) is 11.1 Å². The van der Waals surface area contributed by atoms with Crippen molar-refractivity contribution in [2.75, 3.05) is 4.31 Å². The lowest BCUT2D eigenvalue weighted by Gasteiger charge is -2.29. The molecule has 0 bridgehead atoms. The molecule has 1 heterocycles. The van der Waals surface area contributed by atoms with Gasteiger partial charge in [-0.05, 0) is 12.1 Å². The average molecular weight is 273 g/mol. The fourth-order valence-corrected chi connectivity index (χ4v) is 4.02. The van der Waals surface area contributed by atoms with E-state index in [2.05, 4.69) is 0 Å². The number of amides is 1. The first-order chi connectivity index (χ1) is 9.03. The quantitative estimate of drug-likeness (QED) is 0.740. The van der Waals surface area contributed by atoms with Gasteiger partial charge in [0.1, 0.15) is 0 Å². The Bertz CT molecular complexity index is 781. The van der Waals surface area contributed by atoms with Crippen LogP contribution in [0.4, 0.5) is 5.69 Å². The topological polar surface area (TPSA) is 54.5 Å². The first-order valence-electron chi connectivity index (χ1n) is 5.78. The molecule has 0 saturated heterocycles. The van der Waals surface area contributed by atoms with Gasteiger partial charge in [0.15, 0.2) is 0 Å². The van der Waals surface area contributed by atoms with E-state index in [9.17, 15) is 13.2 Å². The summed E-state index contributed by atoms with van der Waals surface area (Å²) in [5.41, 5.74) is 1.80. The number of hydrogen-bond donors (Lipinski definition) is 0. The van der Waals surface area contributed by atoms with E-state index in [0.29, 0.717) is 11.3 Å². The number of fused-ring (bicyclic) bond motifs is 3. The smallest absolute Gasteiger partial charge is 0.271 e. The van der Waals surface area contributed by atoms with Crippen molar-refractivity contribution in [1.82, 2.24) is 0 Å². The van der Waals surface area contributed by atoms with E-state index in [1.165, 1.54) is 13.0 Å². The van der Waals surface area contributed by atoms with E-state index in [-0.39, 0.29) is 4.90 Å². The number of anilines is 1. The van der Waals surface area contributed by atoms with E-state index in [1.54, 1.807) is 30.3 Å². The molecule has 2 aromatic carbocycles. The lowest BCUT2D eigenvalue weighted by Crippen LogP contribution is -2.37. The van der Waals surface area contributed by atoms with Crippen molar-refractivity contribution in [3.05, 3.63) is 48.5 Å². The summed E-state index contributed by atoms with van der Waals surface area (Å²) in [4.78, 5) is 11.9. The fourth-order valence-electron chi connectivity index (χ4n) is 2.36. The Morgan fingerprint density at radius 1 is 0.947 bits per heavy atom. The summed E-state index contributed by atoms with van der Waals surface area (Å²) in [6.45, 7) is 1.25. The second kappa shape index (κ2) is 3.93. The van der Waals surface area contributed by atoms with Crippen molar-refractivity contribution in [3.63, 3.8) is 0 Å². The molecule has 0 aliphatic carbocycles. The lowest BCUT2D eigenvalue weighted by molar-refractivity contribution is -0.115. The summed E-state index contributed by atoms with van der Waals surface area (Å²) in [5.74, 6) is -0.512. The third-order valence-corrected chi connectivity index (χ3v) is 4.95. The van der Waals surface area contributed by atoms with Gasteiger partial charge in [0.2, 0.25) is 5.91 Å². The van der Waals surface area contributed by atoms with Gasteiger partial charge in [-0.3, -0.25) is 4.79 Å². The molecule has 19 heavy (non-hydrogen) atoms. The van der Waals surface area contributed by atoms with Crippen LogP contribution in [0.3, 0.4) is 0 Å². The number of sulfonamides is 1. The Balaban J connectivity index is 2.45. The monoisotopic (exact) mass is 273 g/mol. The van der Waals surface area contributed by atoms with Gasteiger partial charge in [-0.25, -0.2) is 12.7 Å². The third-order valence-electron chi connectivity index (χ3n) is 3.10. The molecule has 1 aliphatic heterocycles. The molecule has 0 aromatic heterocycles. The van der Waals surface area contributed by atoms with Crippen LogP contribution >= 0.6 is 0 Å². The molecular formula is C14H11NO3S. The lowest BCUT2D eigenvalue weighted by atomic mass is 10.0. The molecule has 0 fully saturated rings. The summed E-state index contributed by atoms with van der Waals surface area (Å²) in [6.07, 6.45) is 0. The molecule has 1 amide bonds. The average Bonchev–Trinajstić information content (AvgIpc) is 2.38. The van der Waals surface area contributed by atoms with Gasteiger partial charge in [-0.15, -0.1) is 0 Å². The maximum absolute atomic E-state index is 12.5.